The summed E-state index contributed by atoms with van der Waals surface area (Å²) >= 11 is 0. The third-order valence-electron chi connectivity index (χ3n) is 5.50. The summed E-state index contributed by atoms with van der Waals surface area (Å²) in [7, 11) is 0. The normalized spacial score (nSPS) is 17.2. The second-order valence-corrected chi connectivity index (χ2v) is 7.05. The topological polar surface area (TPSA) is 92.3 Å². The molecule has 0 saturated carbocycles. The maximum Gasteiger partial charge on any atom is 0.256 e. The van der Waals surface area contributed by atoms with E-state index in [1.54, 1.807) is 62.4 Å². The Morgan fingerprint density at radius 2 is 0.897 bits per heavy atom. The van der Waals surface area contributed by atoms with Crippen molar-refractivity contribution in [3.63, 3.8) is 0 Å². The fraction of sp³-hybridized carbons (Fsp3) is 0.130. The average molecular weight is 386 g/mol. The Hall–Kier alpha value is -3.80. The van der Waals surface area contributed by atoms with Gasteiger partial charge in [0.25, 0.3) is 23.6 Å². The summed E-state index contributed by atoms with van der Waals surface area (Å²) in [5.41, 5.74) is 0.557. The Kier molecular flexibility index (Phi) is 4.27. The van der Waals surface area contributed by atoms with Gasteiger partial charge in [-0.25, -0.2) is 0 Å². The van der Waals surface area contributed by atoms with Crippen LogP contribution in [0.3, 0.4) is 0 Å². The number of carbonyl (C=O) groups is 4. The number of benzene rings is 2. The highest BCUT2D eigenvalue weighted by atomic mass is 16.2. The highest BCUT2D eigenvalue weighted by molar-refractivity contribution is 6.25. The third kappa shape index (κ3) is 2.56. The zero-order valence-corrected chi connectivity index (χ0v) is 15.9. The molecular weight excluding hydrogens is 368 g/mol. The van der Waals surface area contributed by atoms with Gasteiger partial charge >= 0.3 is 0 Å². The average Bonchev–Trinajstić information content (AvgIpc) is 3.13. The molecule has 2 N–H and O–H groups in total. The summed E-state index contributed by atoms with van der Waals surface area (Å²) in [6, 6.07) is 18.0. The molecule has 0 aromatic heterocycles. The van der Waals surface area contributed by atoms with E-state index in [1.165, 1.54) is 0 Å². The summed E-state index contributed by atoms with van der Waals surface area (Å²) in [6.45, 7) is 3.11. The maximum atomic E-state index is 13.0. The van der Waals surface area contributed by atoms with E-state index in [0.29, 0.717) is 11.1 Å². The van der Waals surface area contributed by atoms with Crippen molar-refractivity contribution < 1.29 is 19.2 Å². The van der Waals surface area contributed by atoms with Crippen LogP contribution in [0.1, 0.15) is 25.0 Å². The van der Waals surface area contributed by atoms with E-state index in [0.717, 1.165) is 0 Å². The van der Waals surface area contributed by atoms with Crippen molar-refractivity contribution >= 4 is 23.6 Å². The van der Waals surface area contributed by atoms with Crippen molar-refractivity contribution in [2.45, 2.75) is 19.3 Å². The lowest BCUT2D eigenvalue weighted by Gasteiger charge is -2.36. The van der Waals surface area contributed by atoms with Gasteiger partial charge in [-0.3, -0.25) is 29.8 Å². The van der Waals surface area contributed by atoms with Crippen LogP contribution in [0.2, 0.25) is 0 Å². The predicted octanol–water partition coefficient (Wildman–Crippen LogP) is 1.92. The number of carbonyl (C=O) groups excluding carboxylic acids is 4. The molecule has 144 valence electrons. The van der Waals surface area contributed by atoms with Crippen LogP contribution in [0.15, 0.2) is 83.0 Å². The van der Waals surface area contributed by atoms with E-state index >= 15 is 0 Å². The molecular formula is C23H18N2O4. The van der Waals surface area contributed by atoms with Crippen molar-refractivity contribution in [3.05, 3.63) is 94.1 Å². The number of imide groups is 2. The van der Waals surface area contributed by atoms with E-state index in [1.807, 2.05) is 12.1 Å². The van der Waals surface area contributed by atoms with E-state index < -0.39 is 29.0 Å². The first-order valence-electron chi connectivity index (χ1n) is 9.14. The van der Waals surface area contributed by atoms with Crippen molar-refractivity contribution in [1.82, 2.24) is 10.6 Å². The molecule has 0 spiro atoms. The van der Waals surface area contributed by atoms with E-state index in [-0.39, 0.29) is 22.3 Å². The van der Waals surface area contributed by atoms with Crippen LogP contribution in [0, 0.1) is 0 Å². The molecule has 29 heavy (non-hydrogen) atoms. The SMILES string of the molecule is CC1=C(C(C2=C(C)C(=O)NC2=O)(c2ccccc2)c2ccccc2)C(=O)NC1=O. The molecule has 4 amide bonds. The Morgan fingerprint density at radius 1 is 0.552 bits per heavy atom. The van der Waals surface area contributed by atoms with Gasteiger partial charge in [-0.15, -0.1) is 0 Å². The lowest BCUT2D eigenvalue weighted by molar-refractivity contribution is -0.125. The first-order valence-corrected chi connectivity index (χ1v) is 9.14. The maximum absolute atomic E-state index is 13.0. The summed E-state index contributed by atoms with van der Waals surface area (Å²) in [4.78, 5) is 50.8. The predicted molar refractivity (Wildman–Crippen MR) is 105 cm³/mol. The number of hydrogen-bond acceptors (Lipinski definition) is 4. The molecule has 0 saturated heterocycles. The zero-order valence-electron chi connectivity index (χ0n) is 15.9. The summed E-state index contributed by atoms with van der Waals surface area (Å²) in [5.74, 6) is -2.17. The fourth-order valence-electron chi connectivity index (χ4n) is 4.23. The Bertz CT molecular complexity index is 1040. The molecule has 2 aliphatic heterocycles. The lowest BCUT2D eigenvalue weighted by atomic mass is 9.62. The van der Waals surface area contributed by atoms with Gasteiger partial charge in [-0.1, -0.05) is 60.7 Å². The molecule has 2 aliphatic rings. The number of hydrogen-bond donors (Lipinski definition) is 2. The van der Waals surface area contributed by atoms with Crippen molar-refractivity contribution in [2.24, 2.45) is 0 Å². The minimum Gasteiger partial charge on any atom is -0.289 e. The molecule has 2 aromatic carbocycles. The summed E-state index contributed by atoms with van der Waals surface area (Å²) < 4.78 is 0. The number of nitrogens with one attached hydrogen (secondary N) is 2. The van der Waals surface area contributed by atoms with Gasteiger partial charge in [0, 0.05) is 22.3 Å². The van der Waals surface area contributed by atoms with Crippen molar-refractivity contribution in [2.75, 3.05) is 0 Å². The highest BCUT2D eigenvalue weighted by Crippen LogP contribution is 2.49. The molecule has 0 aliphatic carbocycles. The molecule has 2 heterocycles. The first kappa shape index (κ1) is 18.6. The molecule has 0 radical (unpaired) electrons. The van der Waals surface area contributed by atoms with Crippen LogP contribution < -0.4 is 10.6 Å². The largest absolute Gasteiger partial charge is 0.289 e. The van der Waals surface area contributed by atoms with Crippen LogP contribution >= 0.6 is 0 Å². The van der Waals surface area contributed by atoms with Crippen LogP contribution in [0.5, 0.6) is 0 Å². The summed E-state index contributed by atoms with van der Waals surface area (Å²) in [6.07, 6.45) is 0. The van der Waals surface area contributed by atoms with Gasteiger partial charge in [0.15, 0.2) is 0 Å². The monoisotopic (exact) mass is 386 g/mol. The number of amides is 4. The van der Waals surface area contributed by atoms with Gasteiger partial charge in [-0.2, -0.15) is 0 Å². The Morgan fingerprint density at radius 3 is 1.17 bits per heavy atom. The molecule has 0 bridgehead atoms. The Labute approximate surface area is 167 Å². The van der Waals surface area contributed by atoms with E-state index in [2.05, 4.69) is 10.6 Å². The standard InChI is InChI=1S/C23H18N2O4/c1-13-17(21(28)24-19(13)26)23(15-9-5-3-6-10-15,16-11-7-4-8-12-16)18-14(2)20(27)25-22(18)29/h3-12H,1-2H3,(H,24,26,28)(H,25,27,29). The van der Waals surface area contributed by atoms with Gasteiger partial charge in [0.2, 0.25) is 0 Å². The van der Waals surface area contributed by atoms with Crippen LogP contribution in [0.25, 0.3) is 0 Å². The fourth-order valence-corrected chi connectivity index (χ4v) is 4.23. The number of rotatable bonds is 4. The molecule has 4 rings (SSSR count). The lowest BCUT2D eigenvalue weighted by Crippen LogP contribution is -2.41. The van der Waals surface area contributed by atoms with Crippen molar-refractivity contribution in [3.8, 4) is 0 Å². The van der Waals surface area contributed by atoms with E-state index in [9.17, 15) is 19.2 Å². The molecule has 6 nitrogen and oxygen atoms in total. The minimum absolute atomic E-state index is 0.152. The first-order chi connectivity index (χ1) is 13.9. The zero-order chi connectivity index (χ0) is 20.8. The van der Waals surface area contributed by atoms with Crippen LogP contribution in [0.4, 0.5) is 0 Å². The van der Waals surface area contributed by atoms with Gasteiger partial charge in [0.1, 0.15) is 0 Å². The Balaban J connectivity index is 2.23. The highest BCUT2D eigenvalue weighted by Gasteiger charge is 2.53. The smallest absolute Gasteiger partial charge is 0.256 e. The quantitative estimate of drug-likeness (QED) is 0.786. The third-order valence-corrected chi connectivity index (χ3v) is 5.50. The molecule has 0 unspecified atom stereocenters. The summed E-state index contributed by atoms with van der Waals surface area (Å²) in [5, 5.41) is 4.67. The van der Waals surface area contributed by atoms with E-state index in [4.69, 9.17) is 0 Å². The second-order valence-electron chi connectivity index (χ2n) is 7.05. The van der Waals surface area contributed by atoms with Crippen LogP contribution in [-0.2, 0) is 24.6 Å². The molecule has 0 fully saturated rings. The molecule has 0 atom stereocenters. The molecule has 2 aromatic rings. The second kappa shape index (κ2) is 6.67. The van der Waals surface area contributed by atoms with Gasteiger partial charge in [-0.05, 0) is 25.0 Å². The minimum atomic E-state index is -1.41. The van der Waals surface area contributed by atoms with Crippen LogP contribution in [-0.4, -0.2) is 23.6 Å². The molecule has 6 heteroatoms. The van der Waals surface area contributed by atoms with Gasteiger partial charge < -0.3 is 0 Å². The van der Waals surface area contributed by atoms with Crippen molar-refractivity contribution in [1.29, 1.82) is 0 Å². The van der Waals surface area contributed by atoms with Gasteiger partial charge in [0.05, 0.1) is 5.41 Å².